The van der Waals surface area contributed by atoms with Gasteiger partial charge in [0.2, 0.25) is 5.95 Å². The minimum atomic E-state index is -0.380. The van der Waals surface area contributed by atoms with Crippen molar-refractivity contribution in [2.75, 3.05) is 5.32 Å². The molecule has 0 saturated heterocycles. The van der Waals surface area contributed by atoms with Crippen molar-refractivity contribution in [3.63, 3.8) is 0 Å². The number of carbonyl (C=O) groups is 1. The molecule has 2 aromatic heterocycles. The van der Waals surface area contributed by atoms with Crippen LogP contribution in [0.1, 0.15) is 10.5 Å². The highest BCUT2D eigenvalue weighted by Crippen LogP contribution is 1.98. The molecule has 1 N–H and O–H groups in total. The van der Waals surface area contributed by atoms with Gasteiger partial charge in [0.05, 0.1) is 6.20 Å². The second kappa shape index (κ2) is 3.82. The second-order valence-corrected chi connectivity index (χ2v) is 2.75. The van der Waals surface area contributed by atoms with Crippen LogP contribution in [-0.4, -0.2) is 30.9 Å². The Balaban J connectivity index is 2.11. The summed E-state index contributed by atoms with van der Waals surface area (Å²) in [5.41, 5.74) is 0.227. The van der Waals surface area contributed by atoms with E-state index in [4.69, 9.17) is 0 Å². The summed E-state index contributed by atoms with van der Waals surface area (Å²) in [7, 11) is 1.63. The van der Waals surface area contributed by atoms with Crippen molar-refractivity contribution in [1.82, 2.24) is 25.0 Å². The molecule has 0 fully saturated rings. The predicted molar refractivity (Wildman–Crippen MR) is 51.0 cm³/mol. The van der Waals surface area contributed by atoms with Crippen molar-refractivity contribution in [2.24, 2.45) is 7.05 Å². The molecule has 1 amide bonds. The summed E-state index contributed by atoms with van der Waals surface area (Å²) in [5.74, 6) is -0.137. The zero-order chi connectivity index (χ0) is 10.7. The smallest absolute Gasteiger partial charge is 0.280 e. The third kappa shape index (κ3) is 2.13. The molecule has 2 aromatic rings. The molecule has 0 saturated carbocycles. The van der Waals surface area contributed by atoms with Gasteiger partial charge in [-0.15, -0.1) is 5.10 Å². The molecule has 0 aliphatic carbocycles. The van der Waals surface area contributed by atoms with Crippen LogP contribution in [0, 0.1) is 0 Å². The lowest BCUT2D eigenvalue weighted by Crippen LogP contribution is -2.14. The molecule has 0 aliphatic rings. The van der Waals surface area contributed by atoms with Gasteiger partial charge < -0.3 is 0 Å². The SMILES string of the molecule is Cn1ncc(C(=O)Nc2ncccn2)n1. The van der Waals surface area contributed by atoms with Crippen LogP contribution in [0.5, 0.6) is 0 Å². The Bertz CT molecular complexity index is 465. The number of aryl methyl sites for hydroxylation is 1. The molecule has 0 aliphatic heterocycles. The van der Waals surface area contributed by atoms with Gasteiger partial charge in [0.1, 0.15) is 0 Å². The normalized spacial score (nSPS) is 9.93. The first-order valence-electron chi connectivity index (χ1n) is 4.20. The molecule has 0 aromatic carbocycles. The van der Waals surface area contributed by atoms with E-state index in [0.29, 0.717) is 0 Å². The highest BCUT2D eigenvalue weighted by Gasteiger charge is 2.10. The largest absolute Gasteiger partial charge is 0.289 e. The average Bonchev–Trinajstić information content (AvgIpc) is 2.66. The second-order valence-electron chi connectivity index (χ2n) is 2.75. The van der Waals surface area contributed by atoms with Crippen LogP contribution in [0.2, 0.25) is 0 Å². The van der Waals surface area contributed by atoms with Crippen LogP contribution in [0.3, 0.4) is 0 Å². The summed E-state index contributed by atoms with van der Waals surface area (Å²) in [6.45, 7) is 0. The fourth-order valence-corrected chi connectivity index (χ4v) is 0.979. The molecule has 15 heavy (non-hydrogen) atoms. The van der Waals surface area contributed by atoms with Gasteiger partial charge in [0, 0.05) is 19.4 Å². The van der Waals surface area contributed by atoms with Gasteiger partial charge in [-0.2, -0.15) is 9.90 Å². The van der Waals surface area contributed by atoms with Crippen LogP contribution in [0.25, 0.3) is 0 Å². The Kier molecular flexibility index (Phi) is 2.36. The average molecular weight is 204 g/mol. The maximum Gasteiger partial charge on any atom is 0.280 e. The molecule has 0 radical (unpaired) electrons. The van der Waals surface area contributed by atoms with Gasteiger partial charge >= 0.3 is 0 Å². The van der Waals surface area contributed by atoms with E-state index >= 15 is 0 Å². The van der Waals surface area contributed by atoms with Gasteiger partial charge in [0.15, 0.2) is 5.69 Å². The van der Waals surface area contributed by atoms with E-state index in [9.17, 15) is 4.79 Å². The lowest BCUT2D eigenvalue weighted by atomic mass is 10.4. The number of carbonyl (C=O) groups excluding carboxylic acids is 1. The number of hydrogen-bond donors (Lipinski definition) is 1. The number of aromatic nitrogens is 5. The molecule has 0 bridgehead atoms. The molecular weight excluding hydrogens is 196 g/mol. The monoisotopic (exact) mass is 204 g/mol. The lowest BCUT2D eigenvalue weighted by Gasteiger charge is -1.98. The highest BCUT2D eigenvalue weighted by molar-refractivity contribution is 6.01. The van der Waals surface area contributed by atoms with Gasteiger partial charge in [-0.1, -0.05) is 0 Å². The Morgan fingerprint density at radius 1 is 1.40 bits per heavy atom. The summed E-state index contributed by atoms with van der Waals surface area (Å²) in [4.78, 5) is 20.5. The predicted octanol–water partition coefficient (Wildman–Crippen LogP) is -0.143. The third-order valence-electron chi connectivity index (χ3n) is 1.62. The van der Waals surface area contributed by atoms with Crippen LogP contribution in [0.4, 0.5) is 5.95 Å². The fourth-order valence-electron chi connectivity index (χ4n) is 0.979. The van der Waals surface area contributed by atoms with Crippen molar-refractivity contribution < 1.29 is 4.79 Å². The van der Waals surface area contributed by atoms with Crippen LogP contribution in [0.15, 0.2) is 24.7 Å². The Morgan fingerprint density at radius 3 is 2.73 bits per heavy atom. The van der Waals surface area contributed by atoms with Crippen molar-refractivity contribution in [2.45, 2.75) is 0 Å². The number of nitrogens with zero attached hydrogens (tertiary/aromatic N) is 5. The van der Waals surface area contributed by atoms with Crippen molar-refractivity contribution in [3.8, 4) is 0 Å². The van der Waals surface area contributed by atoms with Crippen molar-refractivity contribution in [3.05, 3.63) is 30.4 Å². The number of amides is 1. The van der Waals surface area contributed by atoms with E-state index in [1.165, 1.54) is 11.0 Å². The van der Waals surface area contributed by atoms with Crippen molar-refractivity contribution >= 4 is 11.9 Å². The van der Waals surface area contributed by atoms with E-state index in [-0.39, 0.29) is 17.5 Å². The molecule has 2 rings (SSSR count). The summed E-state index contributed by atoms with van der Waals surface area (Å²) in [5, 5.41) is 10.1. The molecule has 7 heteroatoms. The van der Waals surface area contributed by atoms with Crippen molar-refractivity contribution in [1.29, 1.82) is 0 Å². The van der Waals surface area contributed by atoms with E-state index in [2.05, 4.69) is 25.5 Å². The first-order chi connectivity index (χ1) is 7.25. The van der Waals surface area contributed by atoms with Gasteiger partial charge in [0.25, 0.3) is 5.91 Å². The van der Waals surface area contributed by atoms with E-state index in [0.717, 1.165) is 0 Å². The Hall–Kier alpha value is -2.31. The molecule has 7 nitrogen and oxygen atoms in total. The molecule has 76 valence electrons. The zero-order valence-electron chi connectivity index (χ0n) is 7.95. The van der Waals surface area contributed by atoms with Crippen LogP contribution in [-0.2, 0) is 7.05 Å². The molecule has 0 spiro atoms. The van der Waals surface area contributed by atoms with E-state index in [1.54, 1.807) is 25.5 Å². The molecule has 0 atom stereocenters. The Morgan fingerprint density at radius 2 is 2.13 bits per heavy atom. The van der Waals surface area contributed by atoms with Crippen LogP contribution < -0.4 is 5.32 Å². The number of rotatable bonds is 2. The number of nitrogens with one attached hydrogen (secondary N) is 1. The van der Waals surface area contributed by atoms with Gasteiger partial charge in [-0.3, -0.25) is 10.1 Å². The summed E-state index contributed by atoms with van der Waals surface area (Å²) in [6, 6.07) is 1.66. The Labute approximate surface area is 85.2 Å². The standard InChI is InChI=1S/C8H8N6O/c1-14-11-5-6(13-14)7(15)12-8-9-3-2-4-10-8/h2-5H,1H3,(H,9,10,12,15). The highest BCUT2D eigenvalue weighted by atomic mass is 16.2. The summed E-state index contributed by atoms with van der Waals surface area (Å²) < 4.78 is 0. The van der Waals surface area contributed by atoms with E-state index in [1.807, 2.05) is 0 Å². The first-order valence-corrected chi connectivity index (χ1v) is 4.20. The zero-order valence-corrected chi connectivity index (χ0v) is 7.95. The molecule has 2 heterocycles. The van der Waals surface area contributed by atoms with Gasteiger partial charge in [-0.05, 0) is 6.07 Å². The minimum Gasteiger partial charge on any atom is -0.289 e. The molecular formula is C8H8N6O. The maximum atomic E-state index is 11.5. The minimum absolute atomic E-state index is 0.227. The van der Waals surface area contributed by atoms with Gasteiger partial charge in [-0.25, -0.2) is 9.97 Å². The first kappa shape index (κ1) is 9.25. The number of hydrogen-bond acceptors (Lipinski definition) is 5. The van der Waals surface area contributed by atoms with Crippen LogP contribution >= 0.6 is 0 Å². The maximum absolute atomic E-state index is 11.5. The fraction of sp³-hybridized carbons (Fsp3) is 0.125. The lowest BCUT2D eigenvalue weighted by molar-refractivity contribution is 0.102. The summed E-state index contributed by atoms with van der Waals surface area (Å²) in [6.07, 6.45) is 4.46. The summed E-state index contributed by atoms with van der Waals surface area (Å²) >= 11 is 0. The third-order valence-corrected chi connectivity index (χ3v) is 1.62. The number of anilines is 1. The topological polar surface area (TPSA) is 85.6 Å². The van der Waals surface area contributed by atoms with E-state index < -0.39 is 0 Å². The molecule has 0 unspecified atom stereocenters. The quantitative estimate of drug-likeness (QED) is 0.735.